The zero-order valence-corrected chi connectivity index (χ0v) is 12.5. The van der Waals surface area contributed by atoms with E-state index < -0.39 is 0 Å². The summed E-state index contributed by atoms with van der Waals surface area (Å²) < 4.78 is 0. The number of carbonyl (C=O) groups excluding carboxylic acids is 1. The van der Waals surface area contributed by atoms with E-state index in [-0.39, 0.29) is 18.5 Å². The van der Waals surface area contributed by atoms with E-state index in [0.29, 0.717) is 11.3 Å². The molecule has 0 saturated heterocycles. The molecule has 7 heteroatoms. The van der Waals surface area contributed by atoms with Crippen molar-refractivity contribution in [2.75, 3.05) is 11.9 Å². The zero-order chi connectivity index (χ0) is 15.2. The van der Waals surface area contributed by atoms with Gasteiger partial charge in [0.15, 0.2) is 0 Å². The van der Waals surface area contributed by atoms with Crippen molar-refractivity contribution in [1.82, 2.24) is 15.2 Å². The molecule has 0 atom stereocenters. The fraction of sp³-hybridized carbons (Fsp3) is 0.286. The van der Waals surface area contributed by atoms with E-state index in [1.807, 2.05) is 0 Å². The molecule has 6 nitrogen and oxygen atoms in total. The van der Waals surface area contributed by atoms with Crippen LogP contribution in [0.4, 0.5) is 5.95 Å². The number of hydrogen-bond donors (Lipinski definition) is 2. The maximum atomic E-state index is 12.1. The third-order valence-electron chi connectivity index (χ3n) is 2.60. The standard InChI is InChI=1S/C14H14N4O2S/c1-9-10(2)17-18-14(15-9)16-13(20)12-7-6-11(21-12)5-3-4-8-19/h6-7,19H,4,8H2,1-2H3,(H,15,16,18,20). The molecule has 0 aliphatic carbocycles. The number of aromatic nitrogens is 3. The summed E-state index contributed by atoms with van der Waals surface area (Å²) >= 11 is 1.27. The Morgan fingerprint density at radius 3 is 2.86 bits per heavy atom. The Labute approximate surface area is 126 Å². The molecule has 0 spiro atoms. The minimum atomic E-state index is -0.291. The Hall–Kier alpha value is -2.30. The topological polar surface area (TPSA) is 88.0 Å². The van der Waals surface area contributed by atoms with Crippen LogP contribution in [0.1, 0.15) is 32.4 Å². The average Bonchev–Trinajstić information content (AvgIpc) is 2.92. The van der Waals surface area contributed by atoms with Crippen LogP contribution in [0, 0.1) is 25.7 Å². The van der Waals surface area contributed by atoms with Gasteiger partial charge >= 0.3 is 0 Å². The summed E-state index contributed by atoms with van der Waals surface area (Å²) in [5, 5.41) is 19.0. The lowest BCUT2D eigenvalue weighted by molar-refractivity contribution is 0.102. The molecule has 0 aliphatic heterocycles. The van der Waals surface area contributed by atoms with Crippen LogP contribution in [-0.2, 0) is 0 Å². The number of aryl methyl sites for hydroxylation is 2. The third kappa shape index (κ3) is 4.08. The molecule has 0 aromatic carbocycles. The number of anilines is 1. The minimum Gasteiger partial charge on any atom is -0.395 e. The van der Waals surface area contributed by atoms with Crippen molar-refractivity contribution < 1.29 is 9.90 Å². The van der Waals surface area contributed by atoms with Crippen molar-refractivity contribution in [3.8, 4) is 11.8 Å². The molecule has 2 aromatic heterocycles. The van der Waals surface area contributed by atoms with Crippen molar-refractivity contribution >= 4 is 23.2 Å². The third-order valence-corrected chi connectivity index (χ3v) is 3.59. The van der Waals surface area contributed by atoms with Gasteiger partial charge in [0.2, 0.25) is 5.95 Å². The number of rotatable bonds is 3. The van der Waals surface area contributed by atoms with Gasteiger partial charge in [-0.05, 0) is 26.0 Å². The van der Waals surface area contributed by atoms with Crippen molar-refractivity contribution in [2.24, 2.45) is 0 Å². The van der Waals surface area contributed by atoms with Crippen LogP contribution in [-0.4, -0.2) is 32.8 Å². The lowest BCUT2D eigenvalue weighted by Gasteiger charge is -2.02. The second kappa shape index (κ2) is 6.92. The first-order valence-corrected chi connectivity index (χ1v) is 7.10. The molecule has 0 saturated carbocycles. The second-order valence-corrected chi connectivity index (χ2v) is 5.28. The smallest absolute Gasteiger partial charge is 0.268 e. The Morgan fingerprint density at radius 1 is 1.33 bits per heavy atom. The number of amides is 1. The van der Waals surface area contributed by atoms with E-state index in [9.17, 15) is 4.79 Å². The molecular weight excluding hydrogens is 288 g/mol. The highest BCUT2D eigenvalue weighted by atomic mass is 32.1. The minimum absolute atomic E-state index is 0.0306. The fourth-order valence-corrected chi connectivity index (χ4v) is 2.18. The fourth-order valence-electron chi connectivity index (χ4n) is 1.41. The summed E-state index contributed by atoms with van der Waals surface area (Å²) in [4.78, 5) is 17.5. The van der Waals surface area contributed by atoms with Gasteiger partial charge in [0.1, 0.15) is 0 Å². The van der Waals surface area contributed by atoms with Gasteiger partial charge in [0.05, 0.1) is 27.7 Å². The quantitative estimate of drug-likeness (QED) is 0.840. The molecule has 2 aromatic rings. The number of hydrogen-bond acceptors (Lipinski definition) is 6. The summed E-state index contributed by atoms with van der Waals surface area (Å²) in [6.45, 7) is 3.64. The van der Waals surface area contributed by atoms with Gasteiger partial charge in [-0.3, -0.25) is 10.1 Å². The summed E-state index contributed by atoms with van der Waals surface area (Å²) in [6.07, 6.45) is 0.418. The number of aliphatic hydroxyl groups is 1. The highest BCUT2D eigenvalue weighted by Gasteiger charge is 2.11. The number of nitrogens with zero attached hydrogens (tertiary/aromatic N) is 3. The van der Waals surface area contributed by atoms with E-state index in [2.05, 4.69) is 32.3 Å². The molecule has 21 heavy (non-hydrogen) atoms. The SMILES string of the molecule is Cc1nnc(NC(=O)c2ccc(C#CCCO)s2)nc1C. The molecule has 108 valence electrons. The van der Waals surface area contributed by atoms with Crippen molar-refractivity contribution in [3.05, 3.63) is 33.3 Å². The molecule has 2 heterocycles. The van der Waals surface area contributed by atoms with Crippen LogP contribution in [0.3, 0.4) is 0 Å². The molecular formula is C14H14N4O2S. The van der Waals surface area contributed by atoms with Crippen LogP contribution in [0.2, 0.25) is 0 Å². The van der Waals surface area contributed by atoms with Gasteiger partial charge in [-0.1, -0.05) is 11.8 Å². The van der Waals surface area contributed by atoms with Crippen molar-refractivity contribution in [3.63, 3.8) is 0 Å². The first kappa shape index (κ1) is 15.1. The Bertz CT molecular complexity index is 715. The van der Waals surface area contributed by atoms with Gasteiger partial charge < -0.3 is 5.11 Å². The number of nitrogens with one attached hydrogen (secondary N) is 1. The Balaban J connectivity index is 2.07. The maximum Gasteiger partial charge on any atom is 0.268 e. The number of aliphatic hydroxyl groups excluding tert-OH is 1. The summed E-state index contributed by atoms with van der Waals surface area (Å²) in [6, 6.07) is 3.46. The maximum absolute atomic E-state index is 12.1. The first-order chi connectivity index (χ1) is 10.1. The first-order valence-electron chi connectivity index (χ1n) is 6.29. The predicted molar refractivity (Wildman–Crippen MR) is 80.2 cm³/mol. The monoisotopic (exact) mass is 302 g/mol. The molecule has 2 N–H and O–H groups in total. The van der Waals surface area contributed by atoms with Crippen LogP contribution in [0.5, 0.6) is 0 Å². The zero-order valence-electron chi connectivity index (χ0n) is 11.7. The largest absolute Gasteiger partial charge is 0.395 e. The van der Waals surface area contributed by atoms with E-state index in [1.165, 1.54) is 11.3 Å². The number of thiophene rings is 1. The highest BCUT2D eigenvalue weighted by Crippen LogP contribution is 2.16. The van der Waals surface area contributed by atoms with Gasteiger partial charge in [-0.2, -0.15) is 5.10 Å². The van der Waals surface area contributed by atoms with Crippen LogP contribution in [0.25, 0.3) is 0 Å². The molecule has 1 amide bonds. The van der Waals surface area contributed by atoms with E-state index in [0.717, 1.165) is 16.3 Å². The van der Waals surface area contributed by atoms with E-state index in [4.69, 9.17) is 5.11 Å². The van der Waals surface area contributed by atoms with Crippen LogP contribution < -0.4 is 5.32 Å². The van der Waals surface area contributed by atoms with E-state index >= 15 is 0 Å². The molecule has 0 radical (unpaired) electrons. The van der Waals surface area contributed by atoms with Crippen molar-refractivity contribution in [2.45, 2.75) is 20.3 Å². The van der Waals surface area contributed by atoms with Gasteiger partial charge in [-0.25, -0.2) is 4.98 Å². The Morgan fingerprint density at radius 2 is 2.14 bits per heavy atom. The molecule has 0 unspecified atom stereocenters. The average molecular weight is 302 g/mol. The lowest BCUT2D eigenvalue weighted by atomic mass is 10.4. The van der Waals surface area contributed by atoms with Gasteiger partial charge in [0, 0.05) is 6.42 Å². The van der Waals surface area contributed by atoms with Gasteiger partial charge in [0.25, 0.3) is 5.91 Å². The molecule has 2 rings (SSSR count). The summed E-state index contributed by atoms with van der Waals surface area (Å²) in [5.74, 6) is 5.59. The van der Waals surface area contributed by atoms with Crippen LogP contribution in [0.15, 0.2) is 12.1 Å². The predicted octanol–water partition coefficient (Wildman–Crippen LogP) is 1.54. The lowest BCUT2D eigenvalue weighted by Crippen LogP contribution is -2.14. The second-order valence-electron chi connectivity index (χ2n) is 4.20. The summed E-state index contributed by atoms with van der Waals surface area (Å²) in [7, 11) is 0. The molecule has 0 fully saturated rings. The number of carbonyl (C=O) groups is 1. The summed E-state index contributed by atoms with van der Waals surface area (Å²) in [5.41, 5.74) is 1.45. The normalized spacial score (nSPS) is 9.86. The van der Waals surface area contributed by atoms with Crippen molar-refractivity contribution in [1.29, 1.82) is 0 Å². The molecule has 0 bridgehead atoms. The van der Waals surface area contributed by atoms with Crippen LogP contribution >= 0.6 is 11.3 Å². The molecule has 0 aliphatic rings. The highest BCUT2D eigenvalue weighted by molar-refractivity contribution is 7.14. The van der Waals surface area contributed by atoms with E-state index in [1.54, 1.807) is 26.0 Å². The van der Waals surface area contributed by atoms with Gasteiger partial charge in [-0.15, -0.1) is 16.4 Å². The Kier molecular flexibility index (Phi) is 4.98.